The third-order valence-corrected chi connectivity index (χ3v) is 4.11. The van der Waals surface area contributed by atoms with E-state index in [1.165, 1.54) is 30.6 Å². The van der Waals surface area contributed by atoms with E-state index in [9.17, 15) is 0 Å². The summed E-state index contributed by atoms with van der Waals surface area (Å²) < 4.78 is 5.38. The molecule has 0 saturated carbocycles. The third-order valence-electron chi connectivity index (χ3n) is 3.21. The summed E-state index contributed by atoms with van der Waals surface area (Å²) in [4.78, 5) is 1.49. The van der Waals surface area contributed by atoms with Crippen LogP contribution in [0.25, 0.3) is 0 Å². The van der Waals surface area contributed by atoms with E-state index in [2.05, 4.69) is 29.8 Å². The minimum Gasteiger partial charge on any atom is -0.381 e. The minimum atomic E-state index is 0.627. The van der Waals surface area contributed by atoms with Gasteiger partial charge in [0.2, 0.25) is 0 Å². The van der Waals surface area contributed by atoms with Crippen molar-refractivity contribution < 1.29 is 4.74 Å². The van der Waals surface area contributed by atoms with E-state index in [-0.39, 0.29) is 0 Å². The topological polar surface area (TPSA) is 21.3 Å². The van der Waals surface area contributed by atoms with Crippen molar-refractivity contribution in [2.75, 3.05) is 13.2 Å². The van der Waals surface area contributed by atoms with Crippen LogP contribution in [0.1, 0.15) is 31.1 Å². The van der Waals surface area contributed by atoms with E-state index < -0.39 is 0 Å². The average Bonchev–Trinajstić information content (AvgIpc) is 2.82. The van der Waals surface area contributed by atoms with Crippen LogP contribution in [-0.4, -0.2) is 25.3 Å². The van der Waals surface area contributed by atoms with Crippen LogP contribution < -0.4 is 5.32 Å². The van der Waals surface area contributed by atoms with Crippen LogP contribution in [0.3, 0.4) is 0 Å². The van der Waals surface area contributed by atoms with Gasteiger partial charge in [-0.2, -0.15) is 0 Å². The maximum Gasteiger partial charge on any atom is 0.0480 e. The van der Waals surface area contributed by atoms with E-state index in [1.807, 2.05) is 11.3 Å². The zero-order valence-electron chi connectivity index (χ0n) is 9.95. The van der Waals surface area contributed by atoms with Crippen molar-refractivity contribution in [1.82, 2.24) is 5.32 Å². The lowest BCUT2D eigenvalue weighted by atomic mass is 10.0. The maximum atomic E-state index is 5.38. The molecule has 0 spiro atoms. The van der Waals surface area contributed by atoms with Crippen LogP contribution >= 0.6 is 11.3 Å². The van der Waals surface area contributed by atoms with Crippen molar-refractivity contribution in [2.24, 2.45) is 0 Å². The Balaban J connectivity index is 1.80. The van der Waals surface area contributed by atoms with E-state index in [0.717, 1.165) is 13.2 Å². The molecule has 1 saturated heterocycles. The second-order valence-corrected chi connectivity index (χ2v) is 5.47. The van der Waals surface area contributed by atoms with Gasteiger partial charge in [0.15, 0.2) is 0 Å². The van der Waals surface area contributed by atoms with Crippen LogP contribution in [0.2, 0.25) is 0 Å². The summed E-state index contributed by atoms with van der Waals surface area (Å²) in [7, 11) is 0. The Morgan fingerprint density at radius 3 is 2.94 bits per heavy atom. The largest absolute Gasteiger partial charge is 0.381 e. The summed E-state index contributed by atoms with van der Waals surface area (Å²) in [5, 5.41) is 5.93. The first-order valence-corrected chi connectivity index (χ1v) is 7.12. The predicted molar refractivity (Wildman–Crippen MR) is 69.1 cm³/mol. The fourth-order valence-electron chi connectivity index (χ4n) is 2.19. The van der Waals surface area contributed by atoms with Crippen LogP contribution in [-0.2, 0) is 11.2 Å². The first-order valence-electron chi connectivity index (χ1n) is 6.24. The molecule has 1 atom stereocenters. The summed E-state index contributed by atoms with van der Waals surface area (Å²) >= 11 is 1.86. The molecule has 1 aromatic heterocycles. The minimum absolute atomic E-state index is 0.627. The van der Waals surface area contributed by atoms with Crippen molar-refractivity contribution in [2.45, 2.75) is 44.7 Å². The van der Waals surface area contributed by atoms with Gasteiger partial charge in [0.1, 0.15) is 0 Å². The zero-order valence-corrected chi connectivity index (χ0v) is 10.8. The van der Waals surface area contributed by atoms with Gasteiger partial charge in [-0.15, -0.1) is 11.3 Å². The van der Waals surface area contributed by atoms with Gasteiger partial charge >= 0.3 is 0 Å². The standard InChI is InChI=1S/C13H21NOS/c1-2-11(10-13-4-3-9-16-13)14-12-5-7-15-8-6-12/h3-4,9,11-12,14H,2,5-8,10H2,1H3. The van der Waals surface area contributed by atoms with Crippen molar-refractivity contribution in [3.8, 4) is 0 Å². The molecule has 2 nitrogen and oxygen atoms in total. The number of ether oxygens (including phenoxy) is 1. The summed E-state index contributed by atoms with van der Waals surface area (Å²) in [5.74, 6) is 0. The molecule has 1 aromatic rings. The third kappa shape index (κ3) is 3.58. The number of thiophene rings is 1. The number of nitrogens with one attached hydrogen (secondary N) is 1. The summed E-state index contributed by atoms with van der Waals surface area (Å²) in [6.07, 6.45) is 4.71. The van der Waals surface area contributed by atoms with Crippen LogP contribution in [0.5, 0.6) is 0 Å². The molecule has 3 heteroatoms. The Morgan fingerprint density at radius 2 is 2.31 bits per heavy atom. The van der Waals surface area contributed by atoms with E-state index in [1.54, 1.807) is 0 Å². The second kappa shape index (κ2) is 6.38. The number of hydrogen-bond acceptors (Lipinski definition) is 3. The van der Waals surface area contributed by atoms with Gasteiger partial charge in [-0.1, -0.05) is 13.0 Å². The summed E-state index contributed by atoms with van der Waals surface area (Å²) in [6, 6.07) is 5.67. The number of hydrogen-bond donors (Lipinski definition) is 1. The van der Waals surface area contributed by atoms with Crippen LogP contribution in [0.4, 0.5) is 0 Å². The highest BCUT2D eigenvalue weighted by atomic mass is 32.1. The van der Waals surface area contributed by atoms with Crippen LogP contribution in [0, 0.1) is 0 Å². The monoisotopic (exact) mass is 239 g/mol. The second-order valence-electron chi connectivity index (χ2n) is 4.44. The first-order chi connectivity index (χ1) is 7.88. The van der Waals surface area contributed by atoms with E-state index >= 15 is 0 Å². The first kappa shape index (κ1) is 12.1. The van der Waals surface area contributed by atoms with Crippen molar-refractivity contribution >= 4 is 11.3 Å². The van der Waals surface area contributed by atoms with Crippen molar-refractivity contribution in [3.63, 3.8) is 0 Å². The summed E-state index contributed by atoms with van der Waals surface area (Å²) in [6.45, 7) is 4.12. The molecule has 1 unspecified atom stereocenters. The SMILES string of the molecule is CCC(Cc1cccs1)NC1CCOCC1. The lowest BCUT2D eigenvalue weighted by molar-refractivity contribution is 0.0747. The van der Waals surface area contributed by atoms with Gasteiger partial charge in [-0.25, -0.2) is 0 Å². The highest BCUT2D eigenvalue weighted by Gasteiger charge is 2.17. The average molecular weight is 239 g/mol. The lowest BCUT2D eigenvalue weighted by Gasteiger charge is -2.28. The van der Waals surface area contributed by atoms with E-state index in [4.69, 9.17) is 4.74 Å². The fraction of sp³-hybridized carbons (Fsp3) is 0.692. The van der Waals surface area contributed by atoms with Crippen molar-refractivity contribution in [1.29, 1.82) is 0 Å². The Morgan fingerprint density at radius 1 is 1.50 bits per heavy atom. The van der Waals surface area contributed by atoms with Gasteiger partial charge in [0, 0.05) is 30.2 Å². The quantitative estimate of drug-likeness (QED) is 0.853. The molecule has 1 aliphatic rings. The molecule has 0 aliphatic carbocycles. The molecule has 90 valence electrons. The van der Waals surface area contributed by atoms with Gasteiger partial charge in [-0.05, 0) is 37.1 Å². The molecule has 0 aromatic carbocycles. The normalized spacial score (nSPS) is 19.8. The van der Waals surface area contributed by atoms with Crippen molar-refractivity contribution in [3.05, 3.63) is 22.4 Å². The molecule has 16 heavy (non-hydrogen) atoms. The smallest absolute Gasteiger partial charge is 0.0480 e. The molecular weight excluding hydrogens is 218 g/mol. The van der Waals surface area contributed by atoms with E-state index in [0.29, 0.717) is 12.1 Å². The Kier molecular flexibility index (Phi) is 4.82. The molecular formula is C13H21NOS. The molecule has 0 radical (unpaired) electrons. The van der Waals surface area contributed by atoms with Crippen LogP contribution in [0.15, 0.2) is 17.5 Å². The fourth-order valence-corrected chi connectivity index (χ4v) is 2.98. The molecule has 2 rings (SSSR count). The highest BCUT2D eigenvalue weighted by molar-refractivity contribution is 7.09. The summed E-state index contributed by atoms with van der Waals surface area (Å²) in [5.41, 5.74) is 0. The zero-order chi connectivity index (χ0) is 11.2. The molecule has 0 bridgehead atoms. The van der Waals surface area contributed by atoms with Gasteiger partial charge in [0.25, 0.3) is 0 Å². The molecule has 1 N–H and O–H groups in total. The Hall–Kier alpha value is -0.380. The van der Waals surface area contributed by atoms with Gasteiger partial charge < -0.3 is 10.1 Å². The molecule has 2 heterocycles. The maximum absolute atomic E-state index is 5.38. The van der Waals surface area contributed by atoms with Gasteiger partial charge in [0.05, 0.1) is 0 Å². The number of rotatable bonds is 5. The predicted octanol–water partition coefficient (Wildman–Crippen LogP) is 2.84. The molecule has 1 aliphatic heterocycles. The Bertz CT molecular complexity index is 280. The lowest BCUT2D eigenvalue weighted by Crippen LogP contribution is -2.42. The molecule has 0 amide bonds. The van der Waals surface area contributed by atoms with Gasteiger partial charge in [-0.3, -0.25) is 0 Å². The highest BCUT2D eigenvalue weighted by Crippen LogP contribution is 2.15. The molecule has 1 fully saturated rings. The Labute approximate surface area is 102 Å².